The third kappa shape index (κ3) is 3.41. The molecule has 1 unspecified atom stereocenters. The highest BCUT2D eigenvalue weighted by atomic mass is 31.1. The van der Waals surface area contributed by atoms with Crippen molar-refractivity contribution in [2.45, 2.75) is 0 Å². The summed E-state index contributed by atoms with van der Waals surface area (Å²) in [6.45, 7) is 1.33. The molecule has 0 fully saturated rings. The summed E-state index contributed by atoms with van der Waals surface area (Å²) in [6, 6.07) is 0. The zero-order valence-corrected chi connectivity index (χ0v) is 4.81. The number of rotatable bonds is 2. The molecule has 0 aromatic rings. The first kappa shape index (κ1) is 7.82. The lowest BCUT2D eigenvalue weighted by Gasteiger charge is -2.20. The fourth-order valence-corrected chi connectivity index (χ4v) is 0.298. The van der Waals surface area contributed by atoms with E-state index < -0.39 is 13.8 Å². The van der Waals surface area contributed by atoms with Crippen molar-refractivity contribution >= 4 is 51.4 Å². The van der Waals surface area contributed by atoms with Crippen LogP contribution in [0.3, 0.4) is 0 Å². The second-order valence-corrected chi connectivity index (χ2v) is 2.88. The quantitative estimate of drug-likeness (QED) is 0.292. The van der Waals surface area contributed by atoms with Gasteiger partial charge in [-0.3, -0.25) is 7.56 Å². The molecule has 0 nitrogen and oxygen atoms in total. The van der Waals surface area contributed by atoms with E-state index in [4.69, 9.17) is 30.8 Å². The maximum atomic E-state index is 5.25. The SMILES string of the molecule is [B]B([B])P([B])[B][B-]. The second-order valence-electron chi connectivity index (χ2n) is 1.09. The molecule has 0 heterocycles. The van der Waals surface area contributed by atoms with Gasteiger partial charge in [0.05, 0.1) is 13.8 Å². The van der Waals surface area contributed by atoms with Crippen LogP contribution in [0, 0.1) is 0 Å². The largest absolute Gasteiger partial charge is 0.674 e. The first-order valence-corrected chi connectivity index (χ1v) is 3.32. The van der Waals surface area contributed by atoms with E-state index in [-0.39, 0.29) is 0 Å². The first-order chi connectivity index (χ1) is 3.18. The van der Waals surface area contributed by atoms with Gasteiger partial charge < -0.3 is 7.74 Å². The van der Waals surface area contributed by atoms with Crippen LogP contribution in [0.1, 0.15) is 0 Å². The monoisotopic (exact) mass is 97.0 g/mol. The molecule has 0 saturated heterocycles. The van der Waals surface area contributed by atoms with Gasteiger partial charge in [0.1, 0.15) is 0 Å². The first-order valence-electron chi connectivity index (χ1n) is 1.77. The molecule has 0 aliphatic carbocycles. The van der Waals surface area contributed by atoms with Crippen molar-refractivity contribution in [3.8, 4) is 0 Å². The topological polar surface area (TPSA) is 0 Å². The summed E-state index contributed by atoms with van der Waals surface area (Å²) >= 11 is 0. The maximum absolute atomic E-state index is 5.25. The van der Waals surface area contributed by atoms with Gasteiger partial charge in [0.2, 0.25) is 0 Å². The summed E-state index contributed by atoms with van der Waals surface area (Å²) < 4.78 is 0. The van der Waals surface area contributed by atoms with Gasteiger partial charge in [-0.25, -0.2) is 0 Å². The minimum Gasteiger partial charge on any atom is -0.674 e. The van der Waals surface area contributed by atoms with Crippen molar-refractivity contribution in [2.75, 3.05) is 0 Å². The molecule has 24 valence electrons. The van der Waals surface area contributed by atoms with Crippen LogP contribution in [0.15, 0.2) is 0 Å². The molecule has 0 N–H and O–H groups in total. The van der Waals surface area contributed by atoms with Crippen LogP contribution in [-0.2, 0) is 0 Å². The summed E-state index contributed by atoms with van der Waals surface area (Å²) in [5, 5.41) is 0. The molecule has 0 amide bonds. The molecule has 0 spiro atoms. The molecule has 0 bridgehead atoms. The fourth-order valence-electron chi connectivity index (χ4n) is 0.0994. The summed E-state index contributed by atoms with van der Waals surface area (Å²) in [4.78, 5) is 0. The van der Waals surface area contributed by atoms with Gasteiger partial charge in [-0.1, -0.05) is 0 Å². The van der Waals surface area contributed by atoms with E-state index in [1.807, 2.05) is 0 Å². The highest BCUT2D eigenvalue weighted by Crippen LogP contribution is 2.24. The van der Waals surface area contributed by atoms with Crippen molar-refractivity contribution in [3.05, 3.63) is 0 Å². The van der Waals surface area contributed by atoms with Gasteiger partial charge in [-0.05, 0) is 0 Å². The molecule has 7 heteroatoms. The molecular weight excluding hydrogens is 95.8 g/mol. The Labute approximate surface area is 52.1 Å². The standard InChI is InChI=1S/B6P/c1-5-7(4)6(2)3/q-1. The minimum atomic E-state index is -0.929. The van der Waals surface area contributed by atoms with Crippen molar-refractivity contribution in [1.29, 1.82) is 0 Å². The summed E-state index contributed by atoms with van der Waals surface area (Å²) in [7, 11) is 19.5. The average Bonchev–Trinajstić information content (AvgIpc) is 1.65. The number of hydrogen-bond donors (Lipinski definition) is 0. The molecule has 10 radical (unpaired) electrons. The fraction of sp³-hybridized carbons (Fsp3) is 0. The molecule has 0 aliphatic heterocycles. The lowest BCUT2D eigenvalue weighted by molar-refractivity contribution is 3.98. The van der Waals surface area contributed by atoms with Crippen LogP contribution in [-0.4, -0.2) is 43.9 Å². The Balaban J connectivity index is 3.14. The Morgan fingerprint density at radius 2 is 2.00 bits per heavy atom. The van der Waals surface area contributed by atoms with Crippen LogP contribution < -0.4 is 0 Å². The molecule has 0 aromatic carbocycles. The Hall–Kier alpha value is 0.820. The van der Waals surface area contributed by atoms with E-state index in [1.54, 1.807) is 0 Å². The lowest BCUT2D eigenvalue weighted by atomic mass is 9.37. The molecule has 0 aliphatic rings. The van der Waals surface area contributed by atoms with Crippen molar-refractivity contribution in [1.82, 2.24) is 0 Å². The van der Waals surface area contributed by atoms with Crippen LogP contribution in [0.4, 0.5) is 0 Å². The predicted molar refractivity (Wildman–Crippen MR) is 41.4 cm³/mol. The van der Waals surface area contributed by atoms with Gasteiger partial charge in [0.15, 0.2) is 0 Å². The van der Waals surface area contributed by atoms with Crippen LogP contribution in [0.5, 0.6) is 0 Å². The van der Waals surface area contributed by atoms with E-state index in [0.717, 1.165) is 0 Å². The number of hydrogen-bond acceptors (Lipinski definition) is 0. The zero-order valence-electron chi connectivity index (χ0n) is 3.91. The third-order valence-corrected chi connectivity index (χ3v) is 1.55. The van der Waals surface area contributed by atoms with Gasteiger partial charge in [0, 0.05) is 15.5 Å². The summed E-state index contributed by atoms with van der Waals surface area (Å²) in [5.41, 5.74) is 0. The lowest BCUT2D eigenvalue weighted by Crippen LogP contribution is -2.14. The Morgan fingerprint density at radius 1 is 1.57 bits per heavy atom. The summed E-state index contributed by atoms with van der Waals surface area (Å²) in [6.07, 6.45) is -0.472. The van der Waals surface area contributed by atoms with E-state index >= 15 is 0 Å². The van der Waals surface area contributed by atoms with Gasteiger partial charge in [-0.2, -0.15) is 6.89 Å². The van der Waals surface area contributed by atoms with Crippen molar-refractivity contribution < 1.29 is 0 Å². The zero-order chi connectivity index (χ0) is 5.86. The highest BCUT2D eigenvalue weighted by Gasteiger charge is 1.96. The average molecular weight is 95.8 g/mol. The van der Waals surface area contributed by atoms with E-state index in [2.05, 4.69) is 0 Å². The molecule has 0 saturated carbocycles. The molecule has 7 heavy (non-hydrogen) atoms. The molecule has 1 atom stereocenters. The van der Waals surface area contributed by atoms with E-state index in [1.165, 1.54) is 6.89 Å². The predicted octanol–water partition coefficient (Wildman–Crippen LogP) is -1.42. The Bertz CT molecular complexity index is 41.4. The highest BCUT2D eigenvalue weighted by molar-refractivity contribution is 8.33. The minimum absolute atomic E-state index is 0.472. The Kier molecular flexibility index (Phi) is 4.22. The maximum Gasteiger partial charge on any atom is 0.0790 e. The summed E-state index contributed by atoms with van der Waals surface area (Å²) in [5.74, 6) is 0. The van der Waals surface area contributed by atoms with Crippen molar-refractivity contribution in [2.24, 2.45) is 0 Å². The normalized spacial score (nSPS) is 12.7. The van der Waals surface area contributed by atoms with Crippen LogP contribution in [0.2, 0.25) is 0 Å². The second kappa shape index (κ2) is 3.78. The third-order valence-electron chi connectivity index (χ3n) is 0.516. The molecule has 0 aromatic heterocycles. The van der Waals surface area contributed by atoms with Gasteiger partial charge in [-0.15, -0.1) is 0 Å². The van der Waals surface area contributed by atoms with E-state index in [9.17, 15) is 0 Å². The van der Waals surface area contributed by atoms with E-state index in [0.29, 0.717) is 0 Å². The van der Waals surface area contributed by atoms with Gasteiger partial charge in [0.25, 0.3) is 0 Å². The van der Waals surface area contributed by atoms with Crippen LogP contribution in [0.25, 0.3) is 0 Å². The molecule has 0 rings (SSSR count). The molecular formula is B6P-. The van der Waals surface area contributed by atoms with Crippen molar-refractivity contribution in [3.63, 3.8) is 0 Å². The van der Waals surface area contributed by atoms with Gasteiger partial charge >= 0.3 is 0 Å². The van der Waals surface area contributed by atoms with Crippen LogP contribution >= 0.6 is 7.56 Å². The Morgan fingerprint density at radius 3 is 2.00 bits per heavy atom. The smallest absolute Gasteiger partial charge is 0.0790 e.